The van der Waals surface area contributed by atoms with E-state index >= 15 is 0 Å². The number of aryl methyl sites for hydroxylation is 1. The van der Waals surface area contributed by atoms with Crippen molar-refractivity contribution < 1.29 is 9.53 Å². The first-order valence-corrected chi connectivity index (χ1v) is 12.7. The van der Waals surface area contributed by atoms with Gasteiger partial charge in [-0.05, 0) is 41.5 Å². The Morgan fingerprint density at radius 1 is 1.14 bits per heavy atom. The number of nitrogens with zero attached hydrogens (tertiary/aromatic N) is 3. The van der Waals surface area contributed by atoms with Gasteiger partial charge in [-0.25, -0.2) is 0 Å². The fraction of sp³-hybridized carbons (Fsp3) is 0.160. The highest BCUT2D eigenvalue weighted by Crippen LogP contribution is 2.34. The van der Waals surface area contributed by atoms with Gasteiger partial charge in [-0.3, -0.25) is 9.36 Å². The Labute approximate surface area is 222 Å². The average Bonchev–Trinajstić information content (AvgIpc) is 3.21. The third-order valence-corrected chi connectivity index (χ3v) is 7.00. The summed E-state index contributed by atoms with van der Waals surface area (Å²) >= 11 is 19.5. The minimum absolute atomic E-state index is 0.0786. The van der Waals surface area contributed by atoms with Crippen LogP contribution in [-0.2, 0) is 17.9 Å². The number of nitrogens with one attached hydrogen (secondary N) is 1. The zero-order valence-electron chi connectivity index (χ0n) is 18.7. The van der Waals surface area contributed by atoms with Crippen molar-refractivity contribution in [2.24, 2.45) is 0 Å². The molecular weight excluding hydrogens is 527 g/mol. The van der Waals surface area contributed by atoms with Crippen LogP contribution in [0.4, 0.5) is 5.69 Å². The largest absolute Gasteiger partial charge is 0.485 e. The van der Waals surface area contributed by atoms with Crippen molar-refractivity contribution in [2.75, 3.05) is 11.1 Å². The smallest absolute Gasteiger partial charge is 0.234 e. The number of carbonyl (C=O) groups is 1. The molecule has 0 atom stereocenters. The van der Waals surface area contributed by atoms with E-state index in [1.165, 1.54) is 23.9 Å². The molecule has 3 aromatic carbocycles. The molecule has 1 N–H and O–H groups in total. The van der Waals surface area contributed by atoms with E-state index in [1.807, 2.05) is 35.8 Å². The number of thioether (sulfide) groups is 1. The molecule has 10 heteroatoms. The van der Waals surface area contributed by atoms with Crippen LogP contribution in [-0.4, -0.2) is 26.4 Å². The Bertz CT molecular complexity index is 1380. The molecule has 0 aliphatic rings. The predicted molar refractivity (Wildman–Crippen MR) is 144 cm³/mol. The average molecular weight is 548 g/mol. The van der Waals surface area contributed by atoms with Crippen molar-refractivity contribution >= 4 is 68.9 Å². The molecule has 0 saturated heterocycles. The summed E-state index contributed by atoms with van der Waals surface area (Å²) in [6, 6.07) is 15.2. The number of halogens is 3. The maximum Gasteiger partial charge on any atom is 0.234 e. The highest BCUT2D eigenvalue weighted by Gasteiger charge is 2.16. The summed E-state index contributed by atoms with van der Waals surface area (Å²) in [5.41, 5.74) is 1.37. The van der Waals surface area contributed by atoms with Gasteiger partial charge >= 0.3 is 0 Å². The number of aromatic nitrogens is 3. The van der Waals surface area contributed by atoms with Crippen molar-refractivity contribution in [1.82, 2.24) is 14.8 Å². The second-order valence-electron chi connectivity index (χ2n) is 7.58. The number of hydrogen-bond acceptors (Lipinski definition) is 5. The number of anilines is 1. The molecule has 0 saturated carbocycles. The van der Waals surface area contributed by atoms with E-state index in [0.717, 1.165) is 22.1 Å². The third kappa shape index (κ3) is 5.93. The summed E-state index contributed by atoms with van der Waals surface area (Å²) in [4.78, 5) is 12.5. The normalized spacial score (nSPS) is 11.0. The summed E-state index contributed by atoms with van der Waals surface area (Å²) in [6.45, 7) is 6.55. The lowest BCUT2D eigenvalue weighted by atomic mass is 10.0. The van der Waals surface area contributed by atoms with Crippen LogP contribution in [0.25, 0.3) is 10.8 Å². The van der Waals surface area contributed by atoms with Crippen molar-refractivity contribution in [2.45, 2.75) is 25.2 Å². The first-order valence-electron chi connectivity index (χ1n) is 10.6. The highest BCUT2D eigenvalue weighted by molar-refractivity contribution is 7.99. The van der Waals surface area contributed by atoms with E-state index in [4.69, 9.17) is 39.5 Å². The third-order valence-electron chi connectivity index (χ3n) is 5.21. The summed E-state index contributed by atoms with van der Waals surface area (Å²) in [7, 11) is 0. The Hall–Kier alpha value is -2.71. The van der Waals surface area contributed by atoms with Crippen LogP contribution in [0.2, 0.25) is 15.1 Å². The number of carbonyl (C=O) groups excluding carboxylic acids is 1. The molecule has 0 spiro atoms. The molecule has 35 heavy (non-hydrogen) atoms. The van der Waals surface area contributed by atoms with Crippen LogP contribution < -0.4 is 10.1 Å². The van der Waals surface area contributed by atoms with Gasteiger partial charge in [0, 0.05) is 11.6 Å². The molecule has 0 radical (unpaired) electrons. The Morgan fingerprint density at radius 3 is 2.63 bits per heavy atom. The van der Waals surface area contributed by atoms with Crippen molar-refractivity contribution in [3.05, 3.63) is 87.6 Å². The van der Waals surface area contributed by atoms with Gasteiger partial charge in [-0.2, -0.15) is 0 Å². The molecule has 1 aromatic heterocycles. The summed E-state index contributed by atoms with van der Waals surface area (Å²) in [5.74, 6) is 1.19. The zero-order valence-corrected chi connectivity index (χ0v) is 21.8. The molecule has 4 aromatic rings. The molecule has 0 bridgehead atoms. The number of benzene rings is 3. The molecule has 180 valence electrons. The Morgan fingerprint density at radius 2 is 1.89 bits per heavy atom. The van der Waals surface area contributed by atoms with E-state index in [9.17, 15) is 4.79 Å². The van der Waals surface area contributed by atoms with Gasteiger partial charge in [0.1, 0.15) is 12.4 Å². The number of ether oxygens (including phenoxy) is 1. The van der Waals surface area contributed by atoms with E-state index in [1.54, 1.807) is 6.08 Å². The molecule has 0 fully saturated rings. The van der Waals surface area contributed by atoms with Crippen molar-refractivity contribution in [3.63, 3.8) is 0 Å². The summed E-state index contributed by atoms with van der Waals surface area (Å²) in [5, 5.41) is 15.0. The molecule has 0 aliphatic heterocycles. The van der Waals surface area contributed by atoms with Crippen LogP contribution in [0.3, 0.4) is 0 Å². The lowest BCUT2D eigenvalue weighted by Gasteiger charge is -2.12. The molecule has 1 heterocycles. The molecule has 0 aliphatic carbocycles. The molecular formula is C25H21Cl3N4O2S. The molecule has 0 unspecified atom stereocenters. The fourth-order valence-electron chi connectivity index (χ4n) is 3.52. The van der Waals surface area contributed by atoms with Crippen molar-refractivity contribution in [1.29, 1.82) is 0 Å². The fourth-order valence-corrected chi connectivity index (χ4v) is 5.20. The van der Waals surface area contributed by atoms with Crippen molar-refractivity contribution in [3.8, 4) is 5.75 Å². The highest BCUT2D eigenvalue weighted by atomic mass is 35.5. The SMILES string of the molecule is C=CCn1c(COc2ccc3ccccc3c2C)nnc1SCC(=O)Nc1c(Cl)cc(Cl)cc1Cl. The Kier molecular flexibility index (Phi) is 8.23. The van der Waals surface area contributed by atoms with Gasteiger partial charge < -0.3 is 10.1 Å². The van der Waals surface area contributed by atoms with E-state index in [2.05, 4.69) is 34.2 Å². The van der Waals surface area contributed by atoms with E-state index in [-0.39, 0.29) is 28.3 Å². The number of hydrogen-bond donors (Lipinski definition) is 1. The first-order chi connectivity index (χ1) is 16.9. The second-order valence-corrected chi connectivity index (χ2v) is 9.77. The maximum atomic E-state index is 12.5. The number of amides is 1. The van der Waals surface area contributed by atoms with E-state index < -0.39 is 0 Å². The van der Waals surface area contributed by atoms with Crippen LogP contribution in [0, 0.1) is 6.92 Å². The van der Waals surface area contributed by atoms with Gasteiger partial charge in [0.15, 0.2) is 11.0 Å². The lowest BCUT2D eigenvalue weighted by molar-refractivity contribution is -0.113. The minimum atomic E-state index is -0.293. The second kappa shape index (κ2) is 11.4. The zero-order chi connectivity index (χ0) is 24.9. The van der Waals surface area contributed by atoms with Gasteiger partial charge in [0.25, 0.3) is 0 Å². The van der Waals surface area contributed by atoms with Crippen LogP contribution in [0.15, 0.2) is 66.3 Å². The predicted octanol–water partition coefficient (Wildman–Crippen LogP) is 7.20. The van der Waals surface area contributed by atoms with Gasteiger partial charge in [0.05, 0.1) is 21.5 Å². The minimum Gasteiger partial charge on any atom is -0.485 e. The Balaban J connectivity index is 1.44. The van der Waals surface area contributed by atoms with Gasteiger partial charge in [-0.15, -0.1) is 16.8 Å². The summed E-state index contributed by atoms with van der Waals surface area (Å²) in [6.07, 6.45) is 1.74. The summed E-state index contributed by atoms with van der Waals surface area (Å²) < 4.78 is 7.95. The number of fused-ring (bicyclic) bond motifs is 1. The topological polar surface area (TPSA) is 69.0 Å². The first kappa shape index (κ1) is 25.4. The monoisotopic (exact) mass is 546 g/mol. The standard InChI is InChI=1S/C25H21Cl3N4O2S/c1-3-10-32-22(13-34-21-9-8-16-6-4-5-7-18(16)15(21)2)30-31-25(32)35-14-23(33)29-24-19(27)11-17(26)12-20(24)28/h3-9,11-12H,1,10,13-14H2,2H3,(H,29,33). The van der Waals surface area contributed by atoms with E-state index in [0.29, 0.717) is 28.2 Å². The molecule has 4 rings (SSSR count). The molecule has 6 nitrogen and oxygen atoms in total. The van der Waals surface area contributed by atoms with Crippen LogP contribution in [0.5, 0.6) is 5.75 Å². The van der Waals surface area contributed by atoms with Crippen LogP contribution >= 0.6 is 46.6 Å². The number of allylic oxidation sites excluding steroid dienone is 1. The number of rotatable bonds is 9. The lowest BCUT2D eigenvalue weighted by Crippen LogP contribution is -2.15. The van der Waals surface area contributed by atoms with Gasteiger partial charge in [-0.1, -0.05) is 83.0 Å². The van der Waals surface area contributed by atoms with Crippen LogP contribution in [0.1, 0.15) is 11.4 Å². The molecule has 1 amide bonds. The quantitative estimate of drug-likeness (QED) is 0.177. The van der Waals surface area contributed by atoms with Gasteiger partial charge in [0.2, 0.25) is 5.91 Å². The maximum absolute atomic E-state index is 12.5.